The molecule has 1 N–H and O–H groups in total. The van der Waals surface area contributed by atoms with Gasteiger partial charge in [-0.15, -0.1) is 11.8 Å². The van der Waals surface area contributed by atoms with Crippen LogP contribution in [0, 0.1) is 19.8 Å². The van der Waals surface area contributed by atoms with Crippen molar-refractivity contribution < 1.29 is 14.3 Å². The Morgan fingerprint density at radius 3 is 2.47 bits per heavy atom. The van der Waals surface area contributed by atoms with Gasteiger partial charge in [-0.25, -0.2) is 0 Å². The van der Waals surface area contributed by atoms with E-state index in [0.29, 0.717) is 18.1 Å². The molecule has 3 aliphatic rings. The van der Waals surface area contributed by atoms with Gasteiger partial charge < -0.3 is 14.8 Å². The lowest BCUT2D eigenvalue weighted by Gasteiger charge is -2.43. The van der Waals surface area contributed by atoms with Gasteiger partial charge in [-0.05, 0) is 69.2 Å². The highest BCUT2D eigenvalue weighted by atomic mass is 32.2. The molecule has 0 saturated carbocycles. The maximum absolute atomic E-state index is 12.8. The molecule has 1 aromatic carbocycles. The Bertz CT molecular complexity index is 826. The van der Waals surface area contributed by atoms with Gasteiger partial charge in [-0.2, -0.15) is 0 Å². The molecular formula is C24H34N2O3S. The summed E-state index contributed by atoms with van der Waals surface area (Å²) in [5, 5.41) is 5.31. The van der Waals surface area contributed by atoms with Gasteiger partial charge >= 0.3 is 0 Å². The van der Waals surface area contributed by atoms with E-state index in [1.165, 1.54) is 29.5 Å². The number of fused-ring (bicyclic) bond motifs is 2. The molecule has 0 aliphatic carbocycles. The summed E-state index contributed by atoms with van der Waals surface area (Å²) in [4.78, 5) is 15.5. The number of carbonyl (C=O) groups is 1. The summed E-state index contributed by atoms with van der Waals surface area (Å²) >= 11 is 1.66. The Morgan fingerprint density at radius 2 is 1.83 bits per heavy atom. The fraction of sp³-hybridized carbons (Fsp3) is 0.625. The normalized spacial score (nSPS) is 29.4. The monoisotopic (exact) mass is 430 g/mol. The molecule has 4 atom stereocenters. The molecule has 30 heavy (non-hydrogen) atoms. The Labute approximate surface area is 184 Å². The van der Waals surface area contributed by atoms with Gasteiger partial charge in [0, 0.05) is 35.3 Å². The number of thioether (sulfide) groups is 1. The summed E-state index contributed by atoms with van der Waals surface area (Å²) in [5.74, 6) is 2.54. The maximum atomic E-state index is 12.8. The number of nitrogens with one attached hydrogen (secondary N) is 1. The Balaban J connectivity index is 1.44. The SMILES string of the molecule is COC1=CSCC1C(=O)NC1CC2CCC(C1)N2C(C)c1ccc(OC)c(C)c1C. The Kier molecular flexibility index (Phi) is 6.35. The van der Waals surface area contributed by atoms with Crippen molar-refractivity contribution in [1.29, 1.82) is 0 Å². The van der Waals surface area contributed by atoms with Crippen LogP contribution in [0.15, 0.2) is 23.3 Å². The fourth-order valence-electron chi connectivity index (χ4n) is 5.70. The lowest BCUT2D eigenvalue weighted by atomic mass is 9.90. The second kappa shape index (κ2) is 8.83. The molecular weight excluding hydrogens is 396 g/mol. The van der Waals surface area contributed by atoms with Crippen LogP contribution in [-0.2, 0) is 9.53 Å². The molecule has 0 aromatic heterocycles. The number of piperidine rings is 1. The Hall–Kier alpha value is -1.66. The number of hydrogen-bond donors (Lipinski definition) is 1. The van der Waals surface area contributed by atoms with E-state index in [9.17, 15) is 4.79 Å². The summed E-state index contributed by atoms with van der Waals surface area (Å²) in [5.41, 5.74) is 3.95. The zero-order valence-electron chi connectivity index (χ0n) is 18.7. The van der Waals surface area contributed by atoms with E-state index in [2.05, 4.69) is 43.1 Å². The molecule has 4 unspecified atom stereocenters. The van der Waals surface area contributed by atoms with Crippen molar-refractivity contribution in [2.45, 2.75) is 70.6 Å². The van der Waals surface area contributed by atoms with E-state index < -0.39 is 0 Å². The molecule has 2 saturated heterocycles. The zero-order chi connectivity index (χ0) is 21.4. The van der Waals surface area contributed by atoms with Crippen LogP contribution in [-0.4, -0.2) is 48.9 Å². The van der Waals surface area contributed by atoms with Crippen LogP contribution < -0.4 is 10.1 Å². The predicted octanol–water partition coefficient (Wildman–Crippen LogP) is 4.34. The smallest absolute Gasteiger partial charge is 0.231 e. The second-order valence-electron chi connectivity index (χ2n) is 8.90. The summed E-state index contributed by atoms with van der Waals surface area (Å²) in [6.07, 6.45) is 4.51. The second-order valence-corrected chi connectivity index (χ2v) is 9.80. The van der Waals surface area contributed by atoms with Crippen molar-refractivity contribution in [3.63, 3.8) is 0 Å². The van der Waals surface area contributed by atoms with E-state index in [4.69, 9.17) is 9.47 Å². The molecule has 2 fully saturated rings. The van der Waals surface area contributed by atoms with Gasteiger partial charge in [0.05, 0.1) is 14.2 Å². The highest BCUT2D eigenvalue weighted by Crippen LogP contribution is 2.43. The molecule has 164 valence electrons. The average Bonchev–Trinajstić information content (AvgIpc) is 3.32. The quantitative estimate of drug-likeness (QED) is 0.728. The lowest BCUT2D eigenvalue weighted by molar-refractivity contribution is -0.125. The zero-order valence-corrected chi connectivity index (χ0v) is 19.6. The van der Waals surface area contributed by atoms with Gasteiger partial charge in [0.15, 0.2) is 0 Å². The van der Waals surface area contributed by atoms with Crippen LogP contribution >= 0.6 is 11.8 Å². The highest BCUT2D eigenvalue weighted by molar-refractivity contribution is 8.02. The fourth-order valence-corrected chi connectivity index (χ4v) is 6.73. The predicted molar refractivity (Wildman–Crippen MR) is 122 cm³/mol. The maximum Gasteiger partial charge on any atom is 0.231 e. The lowest BCUT2D eigenvalue weighted by Crippen LogP contribution is -2.52. The number of nitrogens with zero attached hydrogens (tertiary/aromatic N) is 1. The molecule has 1 amide bonds. The number of carbonyl (C=O) groups excluding carboxylic acids is 1. The number of hydrogen-bond acceptors (Lipinski definition) is 5. The van der Waals surface area contributed by atoms with E-state index >= 15 is 0 Å². The highest BCUT2D eigenvalue weighted by Gasteiger charge is 2.44. The van der Waals surface area contributed by atoms with Crippen LogP contribution in [0.3, 0.4) is 0 Å². The molecule has 4 rings (SSSR count). The van der Waals surface area contributed by atoms with Crippen molar-refractivity contribution >= 4 is 17.7 Å². The van der Waals surface area contributed by atoms with Crippen LogP contribution in [0.5, 0.6) is 5.75 Å². The first-order chi connectivity index (χ1) is 14.4. The standard InChI is InChI=1S/C24H34N2O3S/c1-14-15(2)22(28-4)9-8-20(14)16(3)26-18-6-7-19(26)11-17(10-18)25-24(27)21-12-30-13-23(21)29-5/h8-9,13,16-19,21H,6-7,10-12H2,1-5H3,(H,25,27). The van der Waals surface area contributed by atoms with Gasteiger partial charge in [-0.3, -0.25) is 9.69 Å². The van der Waals surface area contributed by atoms with Crippen LogP contribution in [0.1, 0.15) is 55.3 Å². The van der Waals surface area contributed by atoms with Gasteiger partial charge in [-0.1, -0.05) is 6.07 Å². The van der Waals surface area contributed by atoms with E-state index in [-0.39, 0.29) is 17.9 Å². The van der Waals surface area contributed by atoms with Gasteiger partial charge in [0.2, 0.25) is 5.91 Å². The van der Waals surface area contributed by atoms with E-state index in [1.54, 1.807) is 26.0 Å². The van der Waals surface area contributed by atoms with Crippen molar-refractivity contribution in [2.75, 3.05) is 20.0 Å². The van der Waals surface area contributed by atoms with Crippen molar-refractivity contribution in [3.05, 3.63) is 40.0 Å². The summed E-state index contributed by atoms with van der Waals surface area (Å²) in [6, 6.07) is 6.03. The first-order valence-corrected chi connectivity index (χ1v) is 12.1. The third-order valence-corrected chi connectivity index (χ3v) is 8.32. The van der Waals surface area contributed by atoms with Crippen molar-refractivity contribution in [3.8, 4) is 5.75 Å². The number of amides is 1. The summed E-state index contributed by atoms with van der Waals surface area (Å²) in [6.45, 7) is 6.69. The molecule has 0 spiro atoms. The molecule has 6 heteroatoms. The minimum Gasteiger partial charge on any atom is -0.500 e. The van der Waals surface area contributed by atoms with Gasteiger partial charge in [0.1, 0.15) is 17.4 Å². The minimum absolute atomic E-state index is 0.126. The van der Waals surface area contributed by atoms with E-state index in [1.807, 2.05) is 5.41 Å². The molecule has 1 aromatic rings. The number of benzene rings is 1. The first kappa shape index (κ1) is 21.6. The summed E-state index contributed by atoms with van der Waals surface area (Å²) < 4.78 is 10.9. The van der Waals surface area contributed by atoms with Crippen LogP contribution in [0.4, 0.5) is 0 Å². The molecule has 0 radical (unpaired) electrons. The largest absolute Gasteiger partial charge is 0.500 e. The van der Waals surface area contributed by atoms with Crippen LogP contribution in [0.25, 0.3) is 0 Å². The topological polar surface area (TPSA) is 50.8 Å². The minimum atomic E-state index is -0.139. The van der Waals surface area contributed by atoms with Crippen molar-refractivity contribution in [1.82, 2.24) is 10.2 Å². The number of methoxy groups -OCH3 is 2. The third-order valence-electron chi connectivity index (χ3n) is 7.39. The molecule has 5 nitrogen and oxygen atoms in total. The third kappa shape index (κ3) is 3.84. The Morgan fingerprint density at radius 1 is 1.13 bits per heavy atom. The van der Waals surface area contributed by atoms with E-state index in [0.717, 1.165) is 30.1 Å². The average molecular weight is 431 g/mol. The first-order valence-electron chi connectivity index (χ1n) is 11.0. The number of ether oxygens (including phenoxy) is 2. The molecule has 3 heterocycles. The summed E-state index contributed by atoms with van der Waals surface area (Å²) in [7, 11) is 3.39. The number of rotatable bonds is 6. The molecule has 3 aliphatic heterocycles. The molecule has 2 bridgehead atoms. The van der Waals surface area contributed by atoms with Gasteiger partial charge in [0.25, 0.3) is 0 Å². The van der Waals surface area contributed by atoms with Crippen molar-refractivity contribution in [2.24, 2.45) is 5.92 Å². The van der Waals surface area contributed by atoms with Crippen LogP contribution in [0.2, 0.25) is 0 Å².